The molecule has 0 aromatic heterocycles. The number of amides is 3. The zero-order valence-electron chi connectivity index (χ0n) is 15.9. The van der Waals surface area contributed by atoms with E-state index in [1.54, 1.807) is 19.0 Å². The van der Waals surface area contributed by atoms with E-state index in [0.29, 0.717) is 13.0 Å². The topological polar surface area (TPSA) is 99.3 Å². The molecule has 1 aliphatic carbocycles. The van der Waals surface area contributed by atoms with E-state index < -0.39 is 20.9 Å². The maximum absolute atomic E-state index is 13.0. The van der Waals surface area contributed by atoms with Crippen LogP contribution in [-0.2, 0) is 19.6 Å². The SMILES string of the molecule is CN(C)C(=O)CN1C[C@@]23CN(C(=O)NC4CCCC4)C[C@@H](C[C@@H]2S1(=O)=O)O3. The molecule has 3 saturated heterocycles. The third-order valence-corrected chi connectivity index (χ3v) is 8.61. The van der Waals surface area contributed by atoms with Crippen molar-refractivity contribution in [1.29, 1.82) is 0 Å². The largest absolute Gasteiger partial charge is 0.365 e. The van der Waals surface area contributed by atoms with Gasteiger partial charge < -0.3 is 19.9 Å². The van der Waals surface area contributed by atoms with Gasteiger partial charge in [-0.2, -0.15) is 4.31 Å². The van der Waals surface area contributed by atoms with Crippen LogP contribution in [0.3, 0.4) is 0 Å². The lowest BCUT2D eigenvalue weighted by molar-refractivity contribution is -0.130. The van der Waals surface area contributed by atoms with E-state index in [-0.39, 0.29) is 43.7 Å². The van der Waals surface area contributed by atoms with Crippen LogP contribution in [0, 0.1) is 0 Å². The Morgan fingerprint density at radius 3 is 2.59 bits per heavy atom. The maximum atomic E-state index is 13.0. The predicted molar refractivity (Wildman–Crippen MR) is 97.6 cm³/mol. The molecule has 3 amide bonds. The minimum Gasteiger partial charge on any atom is -0.365 e. The molecule has 4 fully saturated rings. The van der Waals surface area contributed by atoms with Gasteiger partial charge in [0, 0.05) is 33.2 Å². The molecule has 9 nitrogen and oxygen atoms in total. The molecule has 3 atom stereocenters. The number of carbonyl (C=O) groups is 2. The van der Waals surface area contributed by atoms with Gasteiger partial charge in [-0.3, -0.25) is 4.79 Å². The molecule has 0 unspecified atom stereocenters. The third kappa shape index (κ3) is 3.21. The van der Waals surface area contributed by atoms with Crippen molar-refractivity contribution in [1.82, 2.24) is 19.4 Å². The number of nitrogens with zero attached hydrogens (tertiary/aromatic N) is 3. The molecule has 1 N–H and O–H groups in total. The molecule has 4 aliphatic rings. The minimum absolute atomic E-state index is 0.128. The van der Waals surface area contributed by atoms with Crippen LogP contribution in [-0.4, -0.2) is 97.7 Å². The van der Waals surface area contributed by atoms with Gasteiger partial charge in [-0.25, -0.2) is 13.2 Å². The Balaban J connectivity index is 1.50. The van der Waals surface area contributed by atoms with Crippen LogP contribution in [0.1, 0.15) is 32.1 Å². The van der Waals surface area contributed by atoms with Crippen molar-refractivity contribution in [2.24, 2.45) is 0 Å². The van der Waals surface area contributed by atoms with Gasteiger partial charge in [0.1, 0.15) is 10.9 Å². The molecule has 0 aromatic rings. The molecule has 10 heteroatoms. The highest BCUT2D eigenvalue weighted by atomic mass is 32.2. The Bertz CT molecular complexity index is 736. The summed E-state index contributed by atoms with van der Waals surface area (Å²) in [6.45, 7) is 0.612. The molecule has 3 heterocycles. The van der Waals surface area contributed by atoms with E-state index >= 15 is 0 Å². The fourth-order valence-electron chi connectivity index (χ4n) is 4.87. The van der Waals surface area contributed by atoms with E-state index in [1.165, 1.54) is 9.21 Å². The fraction of sp³-hybridized carbons (Fsp3) is 0.882. The number of likely N-dealkylation sites (N-methyl/N-ethyl adjacent to an activating group) is 1. The Hall–Kier alpha value is -1.39. The number of nitrogens with one attached hydrogen (secondary N) is 1. The predicted octanol–water partition coefficient (Wildman–Crippen LogP) is -0.416. The van der Waals surface area contributed by atoms with E-state index in [0.717, 1.165) is 25.7 Å². The summed E-state index contributed by atoms with van der Waals surface area (Å²) in [6.07, 6.45) is 4.39. The second-order valence-corrected chi connectivity index (χ2v) is 10.6. The van der Waals surface area contributed by atoms with Crippen molar-refractivity contribution in [3.8, 4) is 0 Å². The van der Waals surface area contributed by atoms with Crippen molar-refractivity contribution in [3.63, 3.8) is 0 Å². The molecule has 27 heavy (non-hydrogen) atoms. The molecule has 0 aromatic carbocycles. The molecule has 3 aliphatic heterocycles. The number of hydrogen-bond acceptors (Lipinski definition) is 5. The van der Waals surface area contributed by atoms with E-state index in [4.69, 9.17) is 4.74 Å². The normalized spacial score (nSPS) is 35.3. The first kappa shape index (κ1) is 18.9. The summed E-state index contributed by atoms with van der Waals surface area (Å²) < 4.78 is 33.3. The smallest absolute Gasteiger partial charge is 0.317 e. The monoisotopic (exact) mass is 400 g/mol. The number of rotatable bonds is 3. The molecule has 152 valence electrons. The Morgan fingerprint density at radius 1 is 1.22 bits per heavy atom. The van der Waals surface area contributed by atoms with Crippen molar-refractivity contribution in [2.45, 2.75) is 55.1 Å². The number of ether oxygens (including phenoxy) is 1. The third-order valence-electron chi connectivity index (χ3n) is 6.29. The number of carbonyl (C=O) groups excluding carboxylic acids is 2. The first-order valence-corrected chi connectivity index (χ1v) is 11.1. The average molecular weight is 401 g/mol. The molecular formula is C17H28N4O5S. The number of urea groups is 1. The van der Waals surface area contributed by atoms with Crippen LogP contribution in [0.5, 0.6) is 0 Å². The minimum atomic E-state index is -3.63. The van der Waals surface area contributed by atoms with Crippen molar-refractivity contribution >= 4 is 22.0 Å². The summed E-state index contributed by atoms with van der Waals surface area (Å²) >= 11 is 0. The molecule has 4 rings (SSSR count). The molecule has 1 spiro atoms. The number of sulfonamides is 1. The van der Waals surface area contributed by atoms with Gasteiger partial charge >= 0.3 is 6.03 Å². The number of morpholine rings is 1. The second-order valence-electron chi connectivity index (χ2n) is 8.44. The lowest BCUT2D eigenvalue weighted by Gasteiger charge is -2.39. The van der Waals surface area contributed by atoms with Crippen molar-refractivity contribution in [3.05, 3.63) is 0 Å². The van der Waals surface area contributed by atoms with Gasteiger partial charge in [0.2, 0.25) is 15.9 Å². The number of hydrogen-bond donors (Lipinski definition) is 1. The highest BCUT2D eigenvalue weighted by molar-refractivity contribution is 7.90. The second kappa shape index (κ2) is 6.59. The van der Waals surface area contributed by atoms with Gasteiger partial charge in [-0.15, -0.1) is 0 Å². The van der Waals surface area contributed by atoms with Crippen LogP contribution >= 0.6 is 0 Å². The van der Waals surface area contributed by atoms with Crippen LogP contribution in [0.2, 0.25) is 0 Å². The highest BCUT2D eigenvalue weighted by Crippen LogP contribution is 2.46. The van der Waals surface area contributed by atoms with Crippen LogP contribution in [0.15, 0.2) is 0 Å². The molecular weight excluding hydrogens is 372 g/mol. The van der Waals surface area contributed by atoms with Gasteiger partial charge in [0.15, 0.2) is 0 Å². The van der Waals surface area contributed by atoms with Gasteiger partial charge in [-0.1, -0.05) is 12.8 Å². The lowest BCUT2D eigenvalue weighted by Crippen LogP contribution is -2.59. The van der Waals surface area contributed by atoms with Crippen LogP contribution in [0.25, 0.3) is 0 Å². The van der Waals surface area contributed by atoms with E-state index in [9.17, 15) is 18.0 Å². The van der Waals surface area contributed by atoms with Gasteiger partial charge in [-0.05, 0) is 19.3 Å². The Morgan fingerprint density at radius 2 is 1.93 bits per heavy atom. The number of fused-ring (bicyclic) bond motifs is 1. The first-order chi connectivity index (χ1) is 12.7. The van der Waals surface area contributed by atoms with E-state index in [1.807, 2.05) is 0 Å². The Kier molecular flexibility index (Phi) is 4.63. The number of likely N-dealkylation sites (tertiary alicyclic amines) is 1. The quantitative estimate of drug-likeness (QED) is 0.694. The molecule has 1 saturated carbocycles. The maximum Gasteiger partial charge on any atom is 0.317 e. The van der Waals surface area contributed by atoms with Crippen LogP contribution < -0.4 is 5.32 Å². The molecule has 2 bridgehead atoms. The van der Waals surface area contributed by atoms with Crippen molar-refractivity contribution in [2.75, 3.05) is 40.3 Å². The molecule has 0 radical (unpaired) electrons. The zero-order chi connectivity index (χ0) is 19.4. The lowest BCUT2D eigenvalue weighted by atomic mass is 9.99. The zero-order valence-corrected chi connectivity index (χ0v) is 16.7. The van der Waals surface area contributed by atoms with Gasteiger partial charge in [0.05, 0.1) is 19.2 Å². The summed E-state index contributed by atoms with van der Waals surface area (Å²) in [7, 11) is -0.419. The summed E-state index contributed by atoms with van der Waals surface area (Å²) in [5, 5.41) is 2.39. The summed E-state index contributed by atoms with van der Waals surface area (Å²) in [5.41, 5.74) is -0.929. The van der Waals surface area contributed by atoms with Crippen LogP contribution in [0.4, 0.5) is 4.79 Å². The Labute approximate surface area is 160 Å². The fourth-order valence-corrected chi connectivity index (χ4v) is 7.13. The average Bonchev–Trinajstić information content (AvgIpc) is 3.23. The summed E-state index contributed by atoms with van der Waals surface area (Å²) in [6, 6.07) is 0.0863. The first-order valence-electron chi connectivity index (χ1n) is 9.64. The standard InChI is InChI=1S/C17H28N4O5S/c1-19(2)15(22)9-21-11-17-10-20(16(23)18-12-5-3-4-6-12)8-13(26-17)7-14(17)27(21,24)25/h12-14H,3-11H2,1-2H3,(H,18,23)/t13-,14+,17+/m1/s1. The van der Waals surface area contributed by atoms with Crippen molar-refractivity contribution < 1.29 is 22.7 Å². The summed E-state index contributed by atoms with van der Waals surface area (Å²) in [5.74, 6) is -0.266. The van der Waals surface area contributed by atoms with Gasteiger partial charge in [0.25, 0.3) is 0 Å². The highest BCUT2D eigenvalue weighted by Gasteiger charge is 2.65. The van der Waals surface area contributed by atoms with E-state index in [2.05, 4.69) is 5.32 Å². The summed E-state index contributed by atoms with van der Waals surface area (Å²) in [4.78, 5) is 27.8.